The standard InChI is InChI=1S/C19H21BFNO3/c1-18(2)19(3,4)25-20(24-18)13-8-7-9-14(12-13)22-17(23)15-10-5-6-11-16(15)21/h5-12H,1-4H3,(H,22,23). The molecule has 25 heavy (non-hydrogen) atoms. The molecule has 2 aromatic carbocycles. The van der Waals surface area contributed by atoms with Gasteiger partial charge in [-0.3, -0.25) is 4.79 Å². The summed E-state index contributed by atoms with van der Waals surface area (Å²) in [6.45, 7) is 7.93. The van der Waals surface area contributed by atoms with Crippen LogP contribution in [0.25, 0.3) is 0 Å². The number of halogens is 1. The van der Waals surface area contributed by atoms with Crippen molar-refractivity contribution in [3.8, 4) is 0 Å². The lowest BCUT2D eigenvalue weighted by molar-refractivity contribution is 0.00578. The minimum atomic E-state index is -0.554. The van der Waals surface area contributed by atoms with Crippen LogP contribution in [-0.2, 0) is 9.31 Å². The molecule has 0 radical (unpaired) electrons. The fourth-order valence-corrected chi connectivity index (χ4v) is 2.59. The molecule has 1 N–H and O–H groups in total. The number of amides is 1. The van der Waals surface area contributed by atoms with Crippen molar-refractivity contribution in [1.82, 2.24) is 0 Å². The largest absolute Gasteiger partial charge is 0.494 e. The van der Waals surface area contributed by atoms with Crippen molar-refractivity contribution < 1.29 is 18.5 Å². The fourth-order valence-electron chi connectivity index (χ4n) is 2.59. The third kappa shape index (κ3) is 3.46. The molecule has 0 aliphatic carbocycles. The third-order valence-electron chi connectivity index (χ3n) is 4.79. The van der Waals surface area contributed by atoms with Gasteiger partial charge in [0.1, 0.15) is 5.82 Å². The van der Waals surface area contributed by atoms with Crippen molar-refractivity contribution in [3.63, 3.8) is 0 Å². The van der Waals surface area contributed by atoms with Gasteiger partial charge in [0.25, 0.3) is 5.91 Å². The van der Waals surface area contributed by atoms with Gasteiger partial charge >= 0.3 is 7.12 Å². The zero-order valence-electron chi connectivity index (χ0n) is 14.8. The summed E-state index contributed by atoms with van der Waals surface area (Å²) in [6, 6.07) is 13.1. The second kappa shape index (κ2) is 6.28. The Morgan fingerprint density at radius 1 is 1.00 bits per heavy atom. The molecular formula is C19H21BFNO3. The van der Waals surface area contributed by atoms with Gasteiger partial charge in [-0.2, -0.15) is 0 Å². The van der Waals surface area contributed by atoms with Crippen LogP contribution in [0.2, 0.25) is 0 Å². The summed E-state index contributed by atoms with van der Waals surface area (Å²) in [4.78, 5) is 12.3. The van der Waals surface area contributed by atoms with Crippen LogP contribution in [0.1, 0.15) is 38.1 Å². The summed E-state index contributed by atoms with van der Waals surface area (Å²) in [7, 11) is -0.518. The van der Waals surface area contributed by atoms with Crippen LogP contribution in [-0.4, -0.2) is 24.2 Å². The number of nitrogens with one attached hydrogen (secondary N) is 1. The van der Waals surface area contributed by atoms with Crippen LogP contribution in [0.4, 0.5) is 10.1 Å². The topological polar surface area (TPSA) is 47.6 Å². The van der Waals surface area contributed by atoms with E-state index in [0.29, 0.717) is 5.69 Å². The molecule has 1 saturated heterocycles. The van der Waals surface area contributed by atoms with Crippen molar-refractivity contribution >= 4 is 24.2 Å². The fraction of sp³-hybridized carbons (Fsp3) is 0.316. The van der Waals surface area contributed by atoms with E-state index in [9.17, 15) is 9.18 Å². The minimum Gasteiger partial charge on any atom is -0.399 e. The molecule has 0 spiro atoms. The molecule has 2 aromatic rings. The molecule has 0 unspecified atom stereocenters. The lowest BCUT2D eigenvalue weighted by atomic mass is 9.79. The first-order chi connectivity index (χ1) is 11.7. The predicted molar refractivity (Wildman–Crippen MR) is 96.5 cm³/mol. The molecule has 130 valence electrons. The lowest BCUT2D eigenvalue weighted by Gasteiger charge is -2.32. The van der Waals surface area contributed by atoms with E-state index < -0.39 is 30.0 Å². The van der Waals surface area contributed by atoms with Gasteiger partial charge in [-0.1, -0.05) is 24.3 Å². The number of carbonyl (C=O) groups is 1. The molecule has 0 atom stereocenters. The highest BCUT2D eigenvalue weighted by Crippen LogP contribution is 2.36. The number of carbonyl (C=O) groups excluding carboxylic acids is 1. The predicted octanol–water partition coefficient (Wildman–Crippen LogP) is 3.38. The summed E-state index contributed by atoms with van der Waals surface area (Å²) in [5.41, 5.74) is 0.475. The van der Waals surface area contributed by atoms with Gasteiger partial charge < -0.3 is 14.6 Å². The first-order valence-corrected chi connectivity index (χ1v) is 8.21. The highest BCUT2D eigenvalue weighted by molar-refractivity contribution is 6.62. The van der Waals surface area contributed by atoms with Gasteiger partial charge in [0, 0.05) is 5.69 Å². The normalized spacial score (nSPS) is 18.2. The molecule has 1 aliphatic heterocycles. The maximum Gasteiger partial charge on any atom is 0.494 e. The zero-order valence-corrected chi connectivity index (χ0v) is 14.8. The maximum atomic E-state index is 13.7. The highest BCUT2D eigenvalue weighted by Gasteiger charge is 2.51. The maximum absolute atomic E-state index is 13.7. The minimum absolute atomic E-state index is 0.00327. The average molecular weight is 341 g/mol. The molecule has 0 bridgehead atoms. The Morgan fingerprint density at radius 2 is 1.64 bits per heavy atom. The molecule has 4 nitrogen and oxygen atoms in total. The van der Waals surface area contributed by atoms with Crippen LogP contribution in [0.15, 0.2) is 48.5 Å². The summed E-state index contributed by atoms with van der Waals surface area (Å²) in [5, 5.41) is 2.71. The Hall–Kier alpha value is -2.18. The Labute approximate surface area is 147 Å². The van der Waals surface area contributed by atoms with E-state index in [1.807, 2.05) is 33.8 Å². The van der Waals surface area contributed by atoms with Crippen molar-refractivity contribution in [1.29, 1.82) is 0 Å². The molecule has 0 aromatic heterocycles. The van der Waals surface area contributed by atoms with Gasteiger partial charge in [-0.05, 0) is 57.4 Å². The Morgan fingerprint density at radius 3 is 2.28 bits per heavy atom. The lowest BCUT2D eigenvalue weighted by Crippen LogP contribution is -2.41. The van der Waals surface area contributed by atoms with Crippen molar-refractivity contribution in [2.24, 2.45) is 0 Å². The molecule has 1 aliphatic rings. The van der Waals surface area contributed by atoms with Gasteiger partial charge in [0.05, 0.1) is 16.8 Å². The van der Waals surface area contributed by atoms with E-state index in [0.717, 1.165) is 5.46 Å². The van der Waals surface area contributed by atoms with Gasteiger partial charge in [0.15, 0.2) is 0 Å². The van der Waals surface area contributed by atoms with E-state index in [2.05, 4.69) is 5.32 Å². The van der Waals surface area contributed by atoms with E-state index in [1.54, 1.807) is 30.3 Å². The highest BCUT2D eigenvalue weighted by atomic mass is 19.1. The smallest absolute Gasteiger partial charge is 0.399 e. The first kappa shape index (κ1) is 17.6. The van der Waals surface area contributed by atoms with E-state index in [4.69, 9.17) is 9.31 Å². The number of anilines is 1. The van der Waals surface area contributed by atoms with E-state index in [1.165, 1.54) is 12.1 Å². The van der Waals surface area contributed by atoms with Crippen LogP contribution in [0.5, 0.6) is 0 Å². The monoisotopic (exact) mass is 341 g/mol. The summed E-state index contributed by atoms with van der Waals surface area (Å²) in [6.07, 6.45) is 0. The number of rotatable bonds is 3. The SMILES string of the molecule is CC1(C)OB(c2cccc(NC(=O)c3ccccc3F)c2)OC1(C)C. The van der Waals surface area contributed by atoms with E-state index in [-0.39, 0.29) is 5.56 Å². The van der Waals surface area contributed by atoms with Crippen LogP contribution in [0, 0.1) is 5.82 Å². The Bertz CT molecular complexity index is 791. The Balaban J connectivity index is 1.79. The quantitative estimate of drug-likeness (QED) is 0.871. The number of hydrogen-bond donors (Lipinski definition) is 1. The van der Waals surface area contributed by atoms with Crippen molar-refractivity contribution in [2.45, 2.75) is 38.9 Å². The zero-order chi connectivity index (χ0) is 18.2. The second-order valence-corrected chi connectivity index (χ2v) is 7.15. The molecule has 1 fully saturated rings. The van der Waals surface area contributed by atoms with Crippen molar-refractivity contribution in [3.05, 3.63) is 59.9 Å². The van der Waals surface area contributed by atoms with Crippen molar-refractivity contribution in [2.75, 3.05) is 5.32 Å². The molecule has 0 saturated carbocycles. The molecule has 1 amide bonds. The number of hydrogen-bond acceptors (Lipinski definition) is 3. The van der Waals surface area contributed by atoms with E-state index >= 15 is 0 Å². The Kier molecular flexibility index (Phi) is 4.43. The molecule has 1 heterocycles. The van der Waals surface area contributed by atoms with Crippen LogP contribution in [0.3, 0.4) is 0 Å². The molecule has 6 heteroatoms. The summed E-state index contributed by atoms with van der Waals surface area (Å²) in [5.74, 6) is -1.05. The molecule has 3 rings (SSSR count). The first-order valence-electron chi connectivity index (χ1n) is 8.21. The molecular weight excluding hydrogens is 320 g/mol. The third-order valence-corrected chi connectivity index (χ3v) is 4.79. The van der Waals surface area contributed by atoms with Crippen LogP contribution >= 0.6 is 0 Å². The average Bonchev–Trinajstić information content (AvgIpc) is 2.76. The van der Waals surface area contributed by atoms with Gasteiger partial charge in [-0.25, -0.2) is 4.39 Å². The number of benzene rings is 2. The van der Waals surface area contributed by atoms with Gasteiger partial charge in [-0.15, -0.1) is 0 Å². The van der Waals surface area contributed by atoms with Crippen LogP contribution < -0.4 is 10.8 Å². The second-order valence-electron chi connectivity index (χ2n) is 7.15. The summed E-state index contributed by atoms with van der Waals surface area (Å²) < 4.78 is 25.8. The van der Waals surface area contributed by atoms with Gasteiger partial charge in [0.2, 0.25) is 0 Å². The summed E-state index contributed by atoms with van der Waals surface area (Å²) >= 11 is 0.